The molecule has 0 bridgehead atoms. The molecular formula is C37H37BN6O5. The number of imidazole rings is 1. The summed E-state index contributed by atoms with van der Waals surface area (Å²) >= 11 is 0. The highest BCUT2D eigenvalue weighted by Crippen LogP contribution is 2.44. The van der Waals surface area contributed by atoms with E-state index in [2.05, 4.69) is 22.4 Å². The number of rotatable bonds is 5. The molecule has 0 radical (unpaired) electrons. The van der Waals surface area contributed by atoms with Crippen molar-refractivity contribution in [2.24, 2.45) is 0 Å². The Morgan fingerprint density at radius 2 is 1.69 bits per heavy atom. The van der Waals surface area contributed by atoms with Crippen molar-refractivity contribution in [3.63, 3.8) is 0 Å². The molecule has 0 spiro atoms. The van der Waals surface area contributed by atoms with Gasteiger partial charge < -0.3 is 24.3 Å². The summed E-state index contributed by atoms with van der Waals surface area (Å²) in [4.78, 5) is 45.5. The molecule has 0 saturated carbocycles. The van der Waals surface area contributed by atoms with Crippen LogP contribution in [0.15, 0.2) is 73.1 Å². The second kappa shape index (κ2) is 11.5. The highest BCUT2D eigenvalue weighted by Gasteiger charge is 2.51. The van der Waals surface area contributed by atoms with Crippen LogP contribution < -0.4 is 15.7 Å². The van der Waals surface area contributed by atoms with Crippen molar-refractivity contribution in [3.8, 4) is 22.5 Å². The van der Waals surface area contributed by atoms with Gasteiger partial charge in [0.05, 0.1) is 64.9 Å². The molecular weight excluding hydrogens is 619 g/mol. The molecule has 3 aromatic carbocycles. The number of methoxy groups -OCH3 is 1. The maximum atomic E-state index is 13.9. The predicted octanol–water partition coefficient (Wildman–Crippen LogP) is 5.29. The fourth-order valence-corrected chi connectivity index (χ4v) is 6.95. The fourth-order valence-electron chi connectivity index (χ4n) is 6.95. The van der Waals surface area contributed by atoms with E-state index in [1.807, 2.05) is 76.2 Å². The van der Waals surface area contributed by atoms with Crippen LogP contribution in [-0.2, 0) is 31.7 Å². The number of anilines is 1. The topological polar surface area (TPSA) is 132 Å². The molecule has 12 heteroatoms. The van der Waals surface area contributed by atoms with Gasteiger partial charge in [0.2, 0.25) is 5.91 Å². The Bertz CT molecular complexity index is 2100. The first-order valence-electron chi connectivity index (χ1n) is 16.6. The molecule has 0 aliphatic carbocycles. The van der Waals surface area contributed by atoms with Gasteiger partial charge in [0.15, 0.2) is 0 Å². The number of alkyl carbamates (subject to hydrolysis) is 1. The highest BCUT2D eigenvalue weighted by molar-refractivity contribution is 6.62. The van der Waals surface area contributed by atoms with Gasteiger partial charge in [-0.05, 0) is 74.8 Å². The van der Waals surface area contributed by atoms with Crippen LogP contribution >= 0.6 is 0 Å². The first-order valence-corrected chi connectivity index (χ1v) is 16.6. The SMILES string of the molecule is COC(=O)N[C@H]1CCc2cccc3c2N(C1=O)C(c1ncc(-c2ccc(-c4cnc5cc(B6OC(C)(C)C(C)(C)O6)ccc5n4)cc2)[nH]1)C3. The van der Waals surface area contributed by atoms with E-state index >= 15 is 0 Å². The molecule has 3 aliphatic rings. The Hall–Kier alpha value is -5.07. The Kier molecular flexibility index (Phi) is 7.34. The Morgan fingerprint density at radius 3 is 2.45 bits per heavy atom. The number of para-hydroxylation sites is 1. The number of hydrogen-bond donors (Lipinski definition) is 2. The Morgan fingerprint density at radius 1 is 0.959 bits per heavy atom. The number of nitrogens with zero attached hydrogens (tertiary/aromatic N) is 4. The van der Waals surface area contributed by atoms with Crippen molar-refractivity contribution in [2.75, 3.05) is 12.0 Å². The van der Waals surface area contributed by atoms with Crippen LogP contribution in [0.25, 0.3) is 33.5 Å². The first kappa shape index (κ1) is 31.2. The third-order valence-electron chi connectivity index (χ3n) is 10.4. The summed E-state index contributed by atoms with van der Waals surface area (Å²) in [7, 11) is 0.839. The zero-order valence-corrected chi connectivity index (χ0v) is 28.1. The number of nitrogens with one attached hydrogen (secondary N) is 2. The van der Waals surface area contributed by atoms with Crippen molar-refractivity contribution >= 4 is 41.3 Å². The third-order valence-corrected chi connectivity index (χ3v) is 10.4. The van der Waals surface area contributed by atoms with Gasteiger partial charge in [0.25, 0.3) is 0 Å². The summed E-state index contributed by atoms with van der Waals surface area (Å²) < 4.78 is 17.2. The number of H-pyrrole nitrogens is 1. The molecule has 1 fully saturated rings. The van der Waals surface area contributed by atoms with Crippen molar-refractivity contribution in [1.29, 1.82) is 0 Å². The molecule has 11 nitrogen and oxygen atoms in total. The molecule has 5 heterocycles. The highest BCUT2D eigenvalue weighted by atomic mass is 16.7. The minimum Gasteiger partial charge on any atom is -0.453 e. The van der Waals surface area contributed by atoms with E-state index in [-0.39, 0.29) is 11.9 Å². The minimum atomic E-state index is -0.689. The number of carbonyl (C=O) groups excluding carboxylic acids is 2. The zero-order valence-electron chi connectivity index (χ0n) is 28.1. The van der Waals surface area contributed by atoms with Crippen molar-refractivity contribution < 1.29 is 23.6 Å². The van der Waals surface area contributed by atoms with Crippen LogP contribution in [0, 0.1) is 0 Å². The van der Waals surface area contributed by atoms with Gasteiger partial charge in [-0.3, -0.25) is 14.7 Å². The lowest BCUT2D eigenvalue weighted by Crippen LogP contribution is -2.48. The normalized spacial score (nSPS) is 20.7. The number of hydrogen-bond acceptors (Lipinski definition) is 8. The van der Waals surface area contributed by atoms with Crippen molar-refractivity contribution in [3.05, 3.63) is 90.0 Å². The molecule has 2 amide bonds. The summed E-state index contributed by atoms with van der Waals surface area (Å²) in [6.45, 7) is 8.17. The lowest BCUT2D eigenvalue weighted by Gasteiger charge is -2.32. The van der Waals surface area contributed by atoms with E-state index in [0.717, 1.165) is 55.8 Å². The second-order valence-corrected chi connectivity index (χ2v) is 13.9. The van der Waals surface area contributed by atoms with E-state index in [9.17, 15) is 9.59 Å². The third kappa shape index (κ3) is 5.35. The van der Waals surface area contributed by atoms with Crippen LogP contribution in [0.3, 0.4) is 0 Å². The Balaban J connectivity index is 1.02. The van der Waals surface area contributed by atoms with E-state index in [1.165, 1.54) is 7.11 Å². The van der Waals surface area contributed by atoms with Gasteiger partial charge in [0.1, 0.15) is 11.9 Å². The second-order valence-electron chi connectivity index (χ2n) is 13.9. The smallest absolute Gasteiger partial charge is 0.453 e. The molecule has 248 valence electrons. The van der Waals surface area contributed by atoms with Gasteiger partial charge in [-0.15, -0.1) is 0 Å². The molecule has 2 N–H and O–H groups in total. The monoisotopic (exact) mass is 656 g/mol. The number of carbonyl (C=O) groups is 2. The zero-order chi connectivity index (χ0) is 34.1. The van der Waals surface area contributed by atoms with Gasteiger partial charge >= 0.3 is 13.2 Å². The first-order chi connectivity index (χ1) is 23.5. The molecule has 2 aromatic heterocycles. The predicted molar refractivity (Wildman–Crippen MR) is 186 cm³/mol. The number of benzene rings is 3. The van der Waals surface area contributed by atoms with Gasteiger partial charge in [-0.25, -0.2) is 14.8 Å². The minimum absolute atomic E-state index is 0.165. The number of amides is 2. The van der Waals surface area contributed by atoms with Crippen LogP contribution in [-0.4, -0.2) is 63.4 Å². The number of ether oxygens (including phenoxy) is 1. The lowest BCUT2D eigenvalue weighted by atomic mass is 9.79. The van der Waals surface area contributed by atoms with E-state index in [4.69, 9.17) is 29.0 Å². The van der Waals surface area contributed by atoms with Gasteiger partial charge in [0, 0.05) is 12.0 Å². The van der Waals surface area contributed by atoms with Gasteiger partial charge in [-0.2, -0.15) is 0 Å². The quantitative estimate of drug-likeness (QED) is 0.244. The number of aromatic nitrogens is 4. The summed E-state index contributed by atoms with van der Waals surface area (Å²) in [5, 5.41) is 2.73. The standard InChI is InChI=1S/C37H37BN6O5/c1-36(2)37(3,4)49-38(48-36)25-14-16-26-28(18-25)39-19-29(41-26)21-9-11-22(12-10-21)30-20-40-33(42-30)31-17-24-8-6-7-23-13-15-27(43-35(46)47-5)34(45)44(31)32(23)24/h6-12,14,16,18-20,27,31H,13,15,17H2,1-5H3,(H,40,42)(H,43,46)/t27-,31?/m0/s1. The Labute approximate surface area is 284 Å². The summed E-state index contributed by atoms with van der Waals surface area (Å²) in [5.41, 5.74) is 8.23. The molecule has 2 atom stereocenters. The van der Waals surface area contributed by atoms with Crippen molar-refractivity contribution in [2.45, 2.75) is 70.2 Å². The molecule has 1 saturated heterocycles. The molecule has 3 aliphatic heterocycles. The fraction of sp³-hybridized carbons (Fsp3) is 0.324. The van der Waals surface area contributed by atoms with E-state index < -0.39 is 30.5 Å². The summed E-state index contributed by atoms with van der Waals surface area (Å²) in [6, 6.07) is 19.1. The van der Waals surface area contributed by atoms with Crippen LogP contribution in [0.5, 0.6) is 0 Å². The van der Waals surface area contributed by atoms with Crippen molar-refractivity contribution in [1.82, 2.24) is 25.3 Å². The van der Waals surface area contributed by atoms with Crippen LogP contribution in [0.2, 0.25) is 0 Å². The number of fused-ring (bicyclic) bond motifs is 1. The van der Waals surface area contributed by atoms with E-state index in [1.54, 1.807) is 17.3 Å². The summed E-state index contributed by atoms with van der Waals surface area (Å²) in [6.07, 6.45) is 4.76. The largest absolute Gasteiger partial charge is 0.494 e. The average molecular weight is 657 g/mol. The molecule has 5 aromatic rings. The maximum Gasteiger partial charge on any atom is 0.494 e. The molecule has 49 heavy (non-hydrogen) atoms. The number of aryl methyl sites for hydroxylation is 1. The molecule has 1 unspecified atom stereocenters. The van der Waals surface area contributed by atoms with Crippen LogP contribution in [0.4, 0.5) is 10.5 Å². The maximum absolute atomic E-state index is 13.9. The van der Waals surface area contributed by atoms with Crippen LogP contribution in [0.1, 0.15) is 57.1 Å². The summed E-state index contributed by atoms with van der Waals surface area (Å²) in [5.74, 6) is 0.524. The number of aromatic amines is 1. The van der Waals surface area contributed by atoms with E-state index in [0.29, 0.717) is 25.1 Å². The lowest BCUT2D eigenvalue weighted by molar-refractivity contribution is -0.121. The molecule has 8 rings (SSSR count). The average Bonchev–Trinajstić information content (AvgIpc) is 3.77. The van der Waals surface area contributed by atoms with Gasteiger partial charge in [-0.1, -0.05) is 48.5 Å².